The van der Waals surface area contributed by atoms with Crippen LogP contribution in [0.4, 0.5) is 10.3 Å². The van der Waals surface area contributed by atoms with E-state index in [1.807, 2.05) is 0 Å². The molecule has 0 aliphatic rings. The summed E-state index contributed by atoms with van der Waals surface area (Å²) in [7, 11) is 0. The van der Waals surface area contributed by atoms with E-state index in [-0.39, 0.29) is 28.7 Å². The molecular formula is C11H7ClFN7O. The second kappa shape index (κ2) is 5.29. The number of rotatable bonds is 3. The molecule has 0 aliphatic carbocycles. The van der Waals surface area contributed by atoms with Crippen molar-refractivity contribution in [3.05, 3.63) is 41.7 Å². The van der Waals surface area contributed by atoms with Gasteiger partial charge in [0.15, 0.2) is 0 Å². The molecule has 0 saturated heterocycles. The first-order valence-corrected chi connectivity index (χ1v) is 5.99. The van der Waals surface area contributed by atoms with Gasteiger partial charge in [-0.3, -0.25) is 0 Å². The van der Waals surface area contributed by atoms with Gasteiger partial charge in [-0.1, -0.05) is 11.6 Å². The number of ether oxygens (including phenoxy) is 1. The molecule has 0 amide bonds. The fourth-order valence-electron chi connectivity index (χ4n) is 1.48. The molecule has 0 spiro atoms. The zero-order chi connectivity index (χ0) is 14.8. The third-order valence-electron chi connectivity index (χ3n) is 2.34. The number of aromatic nitrogens is 6. The van der Waals surface area contributed by atoms with E-state index in [1.165, 1.54) is 29.5 Å². The Morgan fingerprint density at radius 2 is 2.10 bits per heavy atom. The van der Waals surface area contributed by atoms with Crippen LogP contribution < -0.4 is 10.5 Å². The molecule has 2 heterocycles. The van der Waals surface area contributed by atoms with Crippen LogP contribution in [0.3, 0.4) is 0 Å². The van der Waals surface area contributed by atoms with E-state index in [4.69, 9.17) is 22.1 Å². The van der Waals surface area contributed by atoms with E-state index in [0.717, 1.165) is 6.07 Å². The quantitative estimate of drug-likeness (QED) is 0.783. The molecule has 2 N–H and O–H groups in total. The summed E-state index contributed by atoms with van der Waals surface area (Å²) >= 11 is 5.86. The highest BCUT2D eigenvalue weighted by Gasteiger charge is 2.11. The monoisotopic (exact) mass is 307 g/mol. The first kappa shape index (κ1) is 13.2. The molecule has 10 heteroatoms. The molecule has 3 rings (SSSR count). The van der Waals surface area contributed by atoms with E-state index in [9.17, 15) is 4.39 Å². The second-order valence-electron chi connectivity index (χ2n) is 3.79. The summed E-state index contributed by atoms with van der Waals surface area (Å²) < 4.78 is 19.7. The fourth-order valence-corrected chi connectivity index (χ4v) is 1.68. The average Bonchev–Trinajstić information content (AvgIpc) is 2.95. The molecule has 0 saturated carbocycles. The Morgan fingerprint density at radius 1 is 1.24 bits per heavy atom. The highest BCUT2D eigenvalue weighted by molar-refractivity contribution is 6.32. The Labute approximate surface area is 122 Å². The Hall–Kier alpha value is -2.81. The van der Waals surface area contributed by atoms with Crippen molar-refractivity contribution in [3.63, 3.8) is 0 Å². The summed E-state index contributed by atoms with van der Waals surface area (Å²) in [5.74, 6) is -0.226. The first-order chi connectivity index (χ1) is 10.1. The third kappa shape index (κ3) is 2.87. The lowest BCUT2D eigenvalue weighted by molar-refractivity contribution is 0.437. The standard InChI is InChI=1S/C11H7ClFN7O/c12-7-3-6(13)1-2-8(7)21-11-18-9(14)17-10(19-11)20-5-15-4-16-20/h1-5H,(H2,14,17,18,19). The molecule has 8 nitrogen and oxygen atoms in total. The molecule has 0 aliphatic heterocycles. The highest BCUT2D eigenvalue weighted by atomic mass is 35.5. The maximum absolute atomic E-state index is 13.0. The van der Waals surface area contributed by atoms with E-state index >= 15 is 0 Å². The molecule has 1 aromatic carbocycles. The van der Waals surface area contributed by atoms with Crippen LogP contribution in [0.2, 0.25) is 5.02 Å². The van der Waals surface area contributed by atoms with Crippen molar-refractivity contribution in [1.82, 2.24) is 29.7 Å². The van der Waals surface area contributed by atoms with Crippen LogP contribution in [0.25, 0.3) is 5.95 Å². The van der Waals surface area contributed by atoms with Gasteiger partial charge in [0.05, 0.1) is 5.02 Å². The summed E-state index contributed by atoms with van der Waals surface area (Å²) in [6, 6.07) is 3.57. The number of hydrogen-bond acceptors (Lipinski definition) is 7. The Morgan fingerprint density at radius 3 is 2.81 bits per heavy atom. The lowest BCUT2D eigenvalue weighted by Gasteiger charge is -2.07. The lowest BCUT2D eigenvalue weighted by atomic mass is 10.3. The molecule has 21 heavy (non-hydrogen) atoms. The Kier molecular flexibility index (Phi) is 3.32. The number of hydrogen-bond donors (Lipinski definition) is 1. The zero-order valence-electron chi connectivity index (χ0n) is 10.3. The molecule has 0 radical (unpaired) electrons. The van der Waals surface area contributed by atoms with Crippen molar-refractivity contribution >= 4 is 17.5 Å². The predicted molar refractivity (Wildman–Crippen MR) is 70.6 cm³/mol. The third-order valence-corrected chi connectivity index (χ3v) is 2.63. The van der Waals surface area contributed by atoms with Crippen molar-refractivity contribution in [1.29, 1.82) is 0 Å². The fraction of sp³-hybridized carbons (Fsp3) is 0. The largest absolute Gasteiger partial charge is 0.423 e. The van der Waals surface area contributed by atoms with Gasteiger partial charge >= 0.3 is 6.01 Å². The minimum atomic E-state index is -0.481. The average molecular weight is 308 g/mol. The Bertz CT molecular complexity index is 780. The van der Waals surface area contributed by atoms with Crippen molar-refractivity contribution in [2.45, 2.75) is 0 Å². The van der Waals surface area contributed by atoms with Crippen LogP contribution in [0, 0.1) is 5.82 Å². The van der Waals surface area contributed by atoms with Gasteiger partial charge in [0, 0.05) is 0 Å². The number of nitrogens with two attached hydrogens (primary N) is 1. The number of benzene rings is 1. The normalized spacial score (nSPS) is 10.6. The number of nitrogen functional groups attached to an aromatic ring is 1. The van der Waals surface area contributed by atoms with Crippen LogP contribution >= 0.6 is 11.6 Å². The summed E-state index contributed by atoms with van der Waals surface area (Å²) in [5.41, 5.74) is 5.58. The van der Waals surface area contributed by atoms with Gasteiger partial charge in [0.25, 0.3) is 5.95 Å². The molecule has 2 aromatic heterocycles. The van der Waals surface area contributed by atoms with Gasteiger partial charge in [0.2, 0.25) is 5.95 Å². The van der Waals surface area contributed by atoms with Crippen molar-refractivity contribution < 1.29 is 9.13 Å². The summed E-state index contributed by atoms with van der Waals surface area (Å²) in [6.45, 7) is 0. The summed E-state index contributed by atoms with van der Waals surface area (Å²) in [4.78, 5) is 15.5. The van der Waals surface area contributed by atoms with Crippen LogP contribution in [-0.4, -0.2) is 29.7 Å². The maximum atomic E-state index is 13.0. The molecule has 0 unspecified atom stereocenters. The first-order valence-electron chi connectivity index (χ1n) is 5.61. The van der Waals surface area contributed by atoms with Gasteiger partial charge in [-0.05, 0) is 18.2 Å². The lowest BCUT2D eigenvalue weighted by Crippen LogP contribution is -2.08. The molecular weight excluding hydrogens is 301 g/mol. The molecule has 0 bridgehead atoms. The highest BCUT2D eigenvalue weighted by Crippen LogP contribution is 2.28. The molecule has 3 aromatic rings. The Balaban J connectivity index is 1.95. The molecule has 0 fully saturated rings. The summed E-state index contributed by atoms with van der Waals surface area (Å²) in [6.07, 6.45) is 2.71. The SMILES string of the molecule is Nc1nc(Oc2ccc(F)cc2Cl)nc(-n2cncn2)n1. The number of anilines is 1. The second-order valence-corrected chi connectivity index (χ2v) is 4.20. The van der Waals surface area contributed by atoms with Crippen molar-refractivity contribution in [2.75, 3.05) is 5.73 Å². The van der Waals surface area contributed by atoms with E-state index in [1.54, 1.807) is 0 Å². The summed E-state index contributed by atoms with van der Waals surface area (Å²) in [5, 5.41) is 3.95. The van der Waals surface area contributed by atoms with E-state index in [2.05, 4.69) is 25.0 Å². The predicted octanol–water partition coefficient (Wildman–Crippen LogP) is 1.62. The zero-order valence-corrected chi connectivity index (χ0v) is 11.1. The number of halogens is 2. The van der Waals surface area contributed by atoms with Crippen LogP contribution in [0.15, 0.2) is 30.9 Å². The van der Waals surface area contributed by atoms with Crippen molar-refractivity contribution in [3.8, 4) is 17.7 Å². The molecule has 0 atom stereocenters. The van der Waals surface area contributed by atoms with Gasteiger partial charge in [0.1, 0.15) is 24.2 Å². The minimum absolute atomic E-state index is 0.0660. The number of nitrogens with zero attached hydrogens (tertiary/aromatic N) is 6. The van der Waals surface area contributed by atoms with Gasteiger partial charge in [-0.2, -0.15) is 24.7 Å². The van der Waals surface area contributed by atoms with Gasteiger partial charge in [-0.25, -0.2) is 9.37 Å². The molecule has 106 valence electrons. The topological polar surface area (TPSA) is 105 Å². The van der Waals surface area contributed by atoms with Crippen LogP contribution in [0.5, 0.6) is 11.8 Å². The van der Waals surface area contributed by atoms with Gasteiger partial charge in [-0.15, -0.1) is 0 Å². The van der Waals surface area contributed by atoms with Crippen molar-refractivity contribution in [2.24, 2.45) is 0 Å². The van der Waals surface area contributed by atoms with Crippen LogP contribution in [0.1, 0.15) is 0 Å². The van der Waals surface area contributed by atoms with E-state index in [0.29, 0.717) is 0 Å². The van der Waals surface area contributed by atoms with Crippen LogP contribution in [-0.2, 0) is 0 Å². The van der Waals surface area contributed by atoms with Gasteiger partial charge < -0.3 is 10.5 Å². The minimum Gasteiger partial charge on any atom is -0.423 e. The van der Waals surface area contributed by atoms with E-state index < -0.39 is 5.82 Å². The smallest absolute Gasteiger partial charge is 0.328 e. The maximum Gasteiger partial charge on any atom is 0.328 e.